The number of methoxy groups -OCH3 is 1. The summed E-state index contributed by atoms with van der Waals surface area (Å²) in [6, 6.07) is 0. The van der Waals surface area contributed by atoms with Gasteiger partial charge in [0.2, 0.25) is 14.2 Å². The van der Waals surface area contributed by atoms with Gasteiger partial charge >= 0.3 is 0 Å². The Hall–Kier alpha value is -0.813. The number of hydrogen-bond acceptors (Lipinski definition) is 3. The second kappa shape index (κ2) is 5.68. The van der Waals surface area contributed by atoms with Gasteiger partial charge in [-0.15, -0.1) is 0 Å². The van der Waals surface area contributed by atoms with Crippen LogP contribution in [0.1, 0.15) is 40.5 Å². The first kappa shape index (κ1) is 17.5. The topological polar surface area (TPSA) is 47.6 Å². The van der Waals surface area contributed by atoms with E-state index in [1.54, 1.807) is 7.11 Å². The molecule has 2 rings (SSSR count). The van der Waals surface area contributed by atoms with Crippen molar-refractivity contribution in [2.75, 3.05) is 13.7 Å². The van der Waals surface area contributed by atoms with Crippen LogP contribution in [0.4, 0.5) is 0 Å². The first-order valence-corrected chi connectivity index (χ1v) is 11.1. The van der Waals surface area contributed by atoms with Gasteiger partial charge in [-0.25, -0.2) is 0 Å². The Balaban J connectivity index is 2.29. The molecule has 22 heavy (non-hydrogen) atoms. The first-order chi connectivity index (χ1) is 10.0. The normalized spacial score (nSPS) is 32.9. The van der Waals surface area contributed by atoms with Crippen molar-refractivity contribution in [1.29, 1.82) is 0 Å². The molecule has 5 heteroatoms. The van der Waals surface area contributed by atoms with Crippen LogP contribution < -0.4 is 5.32 Å². The lowest BCUT2D eigenvalue weighted by atomic mass is 9.64. The Kier molecular flexibility index (Phi) is 4.52. The minimum atomic E-state index is -1.86. The van der Waals surface area contributed by atoms with Gasteiger partial charge < -0.3 is 14.5 Å². The molecule has 4 nitrogen and oxygen atoms in total. The Morgan fingerprint density at radius 1 is 1.36 bits per heavy atom. The van der Waals surface area contributed by atoms with Crippen LogP contribution in [-0.2, 0) is 14.0 Å². The second-order valence-corrected chi connectivity index (χ2v) is 13.1. The van der Waals surface area contributed by atoms with Crippen LogP contribution in [0.2, 0.25) is 18.1 Å². The fourth-order valence-corrected chi connectivity index (χ4v) is 4.35. The summed E-state index contributed by atoms with van der Waals surface area (Å²) in [6.45, 7) is 14.0. The first-order valence-electron chi connectivity index (χ1n) is 8.23. The molecule has 1 aliphatic heterocycles. The average Bonchev–Trinajstić information content (AvgIpc) is 2.38. The van der Waals surface area contributed by atoms with E-state index in [0.717, 1.165) is 25.1 Å². The van der Waals surface area contributed by atoms with Gasteiger partial charge in [0.1, 0.15) is 0 Å². The molecule has 0 saturated carbocycles. The van der Waals surface area contributed by atoms with Gasteiger partial charge in [0, 0.05) is 20.1 Å². The summed E-state index contributed by atoms with van der Waals surface area (Å²) in [5.41, 5.74) is -0.479. The van der Waals surface area contributed by atoms with Crippen molar-refractivity contribution in [1.82, 2.24) is 5.32 Å². The van der Waals surface area contributed by atoms with E-state index in [-0.39, 0.29) is 23.0 Å². The zero-order chi connectivity index (χ0) is 16.8. The fraction of sp³-hybridized carbons (Fsp3) is 0.824. The van der Waals surface area contributed by atoms with E-state index in [4.69, 9.17) is 9.16 Å². The number of rotatable bonds is 3. The van der Waals surface area contributed by atoms with Crippen molar-refractivity contribution in [3.63, 3.8) is 0 Å². The Morgan fingerprint density at radius 2 is 2.00 bits per heavy atom. The highest BCUT2D eigenvalue weighted by Gasteiger charge is 2.52. The van der Waals surface area contributed by atoms with Crippen molar-refractivity contribution in [3.05, 3.63) is 11.8 Å². The van der Waals surface area contributed by atoms with E-state index >= 15 is 0 Å². The maximum absolute atomic E-state index is 12.4. The van der Waals surface area contributed by atoms with Crippen LogP contribution in [0.25, 0.3) is 0 Å². The van der Waals surface area contributed by atoms with Crippen LogP contribution in [-0.4, -0.2) is 34.0 Å². The third kappa shape index (κ3) is 2.85. The maximum Gasteiger partial charge on any atom is 0.250 e. The number of nitrogens with one attached hydrogen (secondary N) is 1. The fourth-order valence-electron chi connectivity index (χ4n) is 3.23. The van der Waals surface area contributed by atoms with Crippen LogP contribution in [0.15, 0.2) is 11.8 Å². The van der Waals surface area contributed by atoms with Gasteiger partial charge in [0.25, 0.3) is 0 Å². The van der Waals surface area contributed by atoms with Crippen LogP contribution >= 0.6 is 0 Å². The predicted octanol–water partition coefficient (Wildman–Crippen LogP) is 3.45. The number of ether oxygens (including phenoxy) is 1. The molecule has 3 atom stereocenters. The lowest BCUT2D eigenvalue weighted by Gasteiger charge is -2.48. The summed E-state index contributed by atoms with van der Waals surface area (Å²) in [6.07, 6.45) is 3.66. The van der Waals surface area contributed by atoms with Crippen LogP contribution in [0.3, 0.4) is 0 Å². The molecule has 0 unspecified atom stereocenters. The molecule has 0 radical (unpaired) electrons. The molecule has 1 heterocycles. The highest BCUT2D eigenvalue weighted by Crippen LogP contribution is 2.47. The number of hydrogen-bond donors (Lipinski definition) is 1. The van der Waals surface area contributed by atoms with E-state index in [2.05, 4.69) is 39.2 Å². The van der Waals surface area contributed by atoms with Gasteiger partial charge in [-0.3, -0.25) is 4.79 Å². The van der Waals surface area contributed by atoms with E-state index < -0.39 is 13.7 Å². The third-order valence-electron chi connectivity index (χ3n) is 5.94. The highest BCUT2D eigenvalue weighted by atomic mass is 28.4. The van der Waals surface area contributed by atoms with Crippen LogP contribution in [0.5, 0.6) is 0 Å². The van der Waals surface area contributed by atoms with Crippen molar-refractivity contribution in [2.24, 2.45) is 11.3 Å². The number of fused-ring (bicyclic) bond motifs is 1. The van der Waals surface area contributed by atoms with Gasteiger partial charge in [-0.1, -0.05) is 20.8 Å². The van der Waals surface area contributed by atoms with E-state index in [1.807, 2.05) is 13.0 Å². The number of piperidine rings is 1. The van der Waals surface area contributed by atoms with Crippen molar-refractivity contribution in [3.8, 4) is 0 Å². The lowest BCUT2D eigenvalue weighted by molar-refractivity contribution is -0.146. The molecule has 1 saturated heterocycles. The molecule has 2 aliphatic rings. The van der Waals surface area contributed by atoms with Gasteiger partial charge in [0.15, 0.2) is 0 Å². The van der Waals surface area contributed by atoms with E-state index in [1.165, 1.54) is 0 Å². The minimum absolute atomic E-state index is 0.109. The van der Waals surface area contributed by atoms with Gasteiger partial charge in [-0.2, -0.15) is 0 Å². The van der Waals surface area contributed by atoms with Gasteiger partial charge in [0.05, 0.1) is 17.3 Å². The molecule has 126 valence electrons. The summed E-state index contributed by atoms with van der Waals surface area (Å²) in [4.78, 5) is 12.4. The lowest BCUT2D eigenvalue weighted by Crippen LogP contribution is -2.57. The van der Waals surface area contributed by atoms with E-state index in [9.17, 15) is 4.79 Å². The molecule has 1 fully saturated rings. The number of amides is 1. The molecular weight excluding hydrogens is 294 g/mol. The Morgan fingerprint density at radius 3 is 2.55 bits per heavy atom. The molecule has 1 N–H and O–H groups in total. The van der Waals surface area contributed by atoms with Crippen molar-refractivity contribution in [2.45, 2.75) is 64.8 Å². The Bertz CT molecular complexity index is 481. The zero-order valence-corrected chi connectivity index (χ0v) is 16.1. The summed E-state index contributed by atoms with van der Waals surface area (Å²) >= 11 is 0. The van der Waals surface area contributed by atoms with Crippen molar-refractivity contribution >= 4 is 14.2 Å². The zero-order valence-electron chi connectivity index (χ0n) is 15.1. The minimum Gasteiger partial charge on any atom is -0.547 e. The molecule has 1 aliphatic carbocycles. The quantitative estimate of drug-likeness (QED) is 0.809. The van der Waals surface area contributed by atoms with Gasteiger partial charge in [-0.05, 0) is 43.5 Å². The van der Waals surface area contributed by atoms with Crippen molar-refractivity contribution < 1.29 is 14.0 Å². The molecular formula is C17H31NO3Si. The third-order valence-corrected chi connectivity index (χ3v) is 10.3. The SMILES string of the molecule is CO[C@@H]1C=C(O[Si](C)(C)C(C)(C)C)C[C@@H]2CCNC(=O)[C@@]21C. The summed E-state index contributed by atoms with van der Waals surface area (Å²) in [5.74, 6) is 1.42. The smallest absolute Gasteiger partial charge is 0.250 e. The number of allylic oxidation sites excluding steroid dienone is 1. The summed E-state index contributed by atoms with van der Waals surface area (Å²) in [5, 5.41) is 3.16. The number of carbonyl (C=O) groups is 1. The van der Waals surface area contributed by atoms with E-state index in [0.29, 0.717) is 0 Å². The standard InChI is InChI=1S/C17H31NO3Si/c1-16(2,3)22(6,7)21-13-10-12-8-9-18-15(19)17(12,4)14(11-13)20-5/h11-12,14H,8-10H2,1-7H3,(H,18,19)/t12-,14+,17-/m0/s1. The molecule has 0 aromatic rings. The molecule has 0 bridgehead atoms. The summed E-state index contributed by atoms with van der Waals surface area (Å²) < 4.78 is 12.2. The molecule has 0 spiro atoms. The Labute approximate surface area is 135 Å². The molecule has 0 aromatic heterocycles. The molecule has 1 amide bonds. The summed E-state index contributed by atoms with van der Waals surface area (Å²) in [7, 11) is -0.176. The second-order valence-electron chi connectivity index (χ2n) is 8.38. The number of carbonyl (C=O) groups excluding carboxylic acids is 1. The molecule has 0 aromatic carbocycles. The highest BCUT2D eigenvalue weighted by molar-refractivity contribution is 6.74. The predicted molar refractivity (Wildman–Crippen MR) is 91.0 cm³/mol. The largest absolute Gasteiger partial charge is 0.547 e. The maximum atomic E-state index is 12.4. The average molecular weight is 326 g/mol. The monoisotopic (exact) mass is 325 g/mol. The van der Waals surface area contributed by atoms with Crippen LogP contribution in [0, 0.1) is 11.3 Å².